The van der Waals surface area contributed by atoms with Crippen molar-refractivity contribution in [3.05, 3.63) is 92.1 Å². The maximum Gasteiger partial charge on any atom is 0.335 e. The molecule has 12 heteroatoms. The number of rotatable bonds is 6. The summed E-state index contributed by atoms with van der Waals surface area (Å²) in [7, 11) is 0. The number of nitrogens with zero attached hydrogens (tertiary/aromatic N) is 3. The van der Waals surface area contributed by atoms with E-state index < -0.39 is 29.6 Å². The van der Waals surface area contributed by atoms with Gasteiger partial charge in [0.25, 0.3) is 11.8 Å². The number of carboxylic acids is 1. The van der Waals surface area contributed by atoms with Crippen molar-refractivity contribution in [3.8, 4) is 5.75 Å². The summed E-state index contributed by atoms with van der Waals surface area (Å²) in [6.07, 6.45) is 2.06. The number of halogens is 2. The Bertz CT molecular complexity index is 1640. The number of aromatic hydroxyl groups is 1. The van der Waals surface area contributed by atoms with Gasteiger partial charge in [0.15, 0.2) is 11.5 Å². The van der Waals surface area contributed by atoms with Crippen LogP contribution in [-0.2, 0) is 13.0 Å². The Balaban J connectivity index is 1.41. The summed E-state index contributed by atoms with van der Waals surface area (Å²) in [5, 5.41) is 28.7. The molecule has 2 aromatic carbocycles. The second kappa shape index (κ2) is 9.86. The molecule has 2 amide bonds. The zero-order chi connectivity index (χ0) is 27.1. The maximum absolute atomic E-state index is 14.4. The summed E-state index contributed by atoms with van der Waals surface area (Å²) in [5.74, 6) is -3.03. The molecule has 4 aromatic rings. The lowest BCUT2D eigenvalue weighted by Crippen LogP contribution is -2.30. The molecule has 38 heavy (non-hydrogen) atoms. The fourth-order valence-corrected chi connectivity index (χ4v) is 4.90. The molecule has 0 aliphatic heterocycles. The van der Waals surface area contributed by atoms with E-state index in [1.54, 1.807) is 25.1 Å². The number of phenolic OH excluding ortho intramolecular Hbond substituents is 1. The Morgan fingerprint density at radius 2 is 1.97 bits per heavy atom. The second-order valence-electron chi connectivity index (χ2n) is 8.90. The highest BCUT2D eigenvalue weighted by Gasteiger charge is 2.29. The highest BCUT2D eigenvalue weighted by atomic mass is 79.9. The van der Waals surface area contributed by atoms with Crippen molar-refractivity contribution >= 4 is 39.4 Å². The highest BCUT2D eigenvalue weighted by molar-refractivity contribution is 9.10. The molecule has 4 N–H and O–H groups in total. The van der Waals surface area contributed by atoms with Gasteiger partial charge >= 0.3 is 5.97 Å². The van der Waals surface area contributed by atoms with E-state index in [0.29, 0.717) is 28.4 Å². The van der Waals surface area contributed by atoms with Crippen molar-refractivity contribution in [1.82, 2.24) is 25.2 Å². The van der Waals surface area contributed by atoms with Gasteiger partial charge in [0.2, 0.25) is 0 Å². The summed E-state index contributed by atoms with van der Waals surface area (Å²) >= 11 is 3.19. The Morgan fingerprint density at radius 1 is 1.18 bits per heavy atom. The van der Waals surface area contributed by atoms with Crippen LogP contribution in [0.3, 0.4) is 0 Å². The largest absolute Gasteiger partial charge is 0.507 e. The van der Waals surface area contributed by atoms with E-state index >= 15 is 0 Å². The number of carboxylic acid groups (broad SMARTS) is 1. The third kappa shape index (κ3) is 4.58. The molecule has 2 heterocycles. The van der Waals surface area contributed by atoms with Crippen molar-refractivity contribution < 1.29 is 29.0 Å². The molecule has 2 aromatic heterocycles. The van der Waals surface area contributed by atoms with Crippen LogP contribution in [-0.4, -0.2) is 42.6 Å². The van der Waals surface area contributed by atoms with Gasteiger partial charge in [-0.15, -0.1) is 0 Å². The second-order valence-corrected chi connectivity index (χ2v) is 9.75. The molecule has 0 radical (unpaired) electrons. The highest BCUT2D eigenvalue weighted by Crippen LogP contribution is 2.35. The number of hydrogen-bond donors (Lipinski definition) is 4. The number of fused-ring (bicyclic) bond motifs is 2. The molecule has 0 unspecified atom stereocenters. The van der Waals surface area contributed by atoms with Crippen LogP contribution in [0.15, 0.2) is 47.1 Å². The summed E-state index contributed by atoms with van der Waals surface area (Å²) in [4.78, 5) is 41.7. The number of aromatic nitrogens is 3. The van der Waals surface area contributed by atoms with Gasteiger partial charge in [0.05, 0.1) is 22.3 Å². The van der Waals surface area contributed by atoms with E-state index in [4.69, 9.17) is 0 Å². The van der Waals surface area contributed by atoms with Crippen molar-refractivity contribution in [2.24, 2.45) is 0 Å². The normalized spacial score (nSPS) is 14.3. The summed E-state index contributed by atoms with van der Waals surface area (Å²) in [6.45, 7) is 1.80. The zero-order valence-corrected chi connectivity index (χ0v) is 21.5. The van der Waals surface area contributed by atoms with E-state index in [2.05, 4.69) is 36.6 Å². The van der Waals surface area contributed by atoms with Gasteiger partial charge < -0.3 is 20.8 Å². The van der Waals surface area contributed by atoms with E-state index in [1.165, 1.54) is 18.2 Å². The fourth-order valence-electron chi connectivity index (χ4n) is 4.65. The number of phenols is 1. The lowest BCUT2D eigenvalue weighted by atomic mass is 9.98. The topological polar surface area (TPSA) is 146 Å². The van der Waals surface area contributed by atoms with Crippen LogP contribution < -0.4 is 10.6 Å². The van der Waals surface area contributed by atoms with E-state index in [0.717, 1.165) is 21.8 Å². The molecule has 0 fully saturated rings. The Labute approximate surface area is 223 Å². The smallest absolute Gasteiger partial charge is 0.335 e. The molecule has 5 rings (SSSR count). The lowest BCUT2D eigenvalue weighted by molar-refractivity contribution is 0.0695. The van der Waals surface area contributed by atoms with E-state index in [9.17, 15) is 29.0 Å². The fraction of sp³-hybridized carbons (Fsp3) is 0.192. The first-order chi connectivity index (χ1) is 18.1. The predicted molar refractivity (Wildman–Crippen MR) is 137 cm³/mol. The molecule has 0 saturated carbocycles. The Morgan fingerprint density at radius 3 is 2.71 bits per heavy atom. The van der Waals surface area contributed by atoms with Gasteiger partial charge in [0, 0.05) is 12.6 Å². The third-order valence-electron chi connectivity index (χ3n) is 6.59. The van der Waals surface area contributed by atoms with Crippen LogP contribution >= 0.6 is 15.9 Å². The van der Waals surface area contributed by atoms with Crippen LogP contribution in [0, 0.1) is 12.7 Å². The number of amides is 2. The number of aromatic carboxylic acids is 1. The number of carbonyl (C=O) groups excluding carboxylic acids is 2. The molecule has 0 spiro atoms. The molecule has 0 saturated heterocycles. The van der Waals surface area contributed by atoms with Gasteiger partial charge in [-0.25, -0.2) is 18.7 Å². The van der Waals surface area contributed by atoms with Crippen LogP contribution in [0.5, 0.6) is 5.75 Å². The quantitative estimate of drug-likeness (QED) is 0.271. The minimum absolute atomic E-state index is 0.0134. The molecular formula is C26H21BrFN5O5. The van der Waals surface area contributed by atoms with Crippen LogP contribution in [0.25, 0.3) is 5.65 Å². The zero-order valence-electron chi connectivity index (χ0n) is 20.0. The van der Waals surface area contributed by atoms with E-state index in [1.807, 2.05) is 0 Å². The molecule has 1 aliphatic rings. The average molecular weight is 582 g/mol. The Kier molecular flexibility index (Phi) is 6.57. The average Bonchev–Trinajstić information content (AvgIpc) is 3.47. The Hall–Kier alpha value is -4.32. The lowest BCUT2D eigenvalue weighted by Gasteiger charge is -2.16. The van der Waals surface area contributed by atoms with Crippen molar-refractivity contribution in [1.29, 1.82) is 0 Å². The molecule has 1 atom stereocenters. The van der Waals surface area contributed by atoms with Crippen molar-refractivity contribution in [2.75, 3.05) is 0 Å². The first kappa shape index (κ1) is 25.3. The van der Waals surface area contributed by atoms with Crippen molar-refractivity contribution in [3.63, 3.8) is 0 Å². The molecule has 0 bridgehead atoms. The van der Waals surface area contributed by atoms with Gasteiger partial charge in [0.1, 0.15) is 17.1 Å². The van der Waals surface area contributed by atoms with Gasteiger partial charge in [-0.05, 0) is 76.1 Å². The SMILES string of the molecule is Cc1c(C(=O)O)ccc2c1CC[C@@H]2NC(=O)c1cc(C(=O)NCc2ccc(Br)c(O)c2)nc2c(F)cnn12. The number of nitrogens with one attached hydrogen (secondary N) is 2. The standard InChI is InChI=1S/C26H21BrFN5O5/c1-12-14-5-7-19(16(14)4-3-15(12)26(37)38)32-25(36)21-9-20(31-23-18(28)11-30-33(21)23)24(35)29-10-13-2-6-17(27)22(34)8-13/h2-4,6,8-9,11,19,34H,5,7,10H2,1H3,(H,29,35)(H,32,36)(H,37,38)/t19-/m0/s1. The maximum atomic E-state index is 14.4. The molecular weight excluding hydrogens is 561 g/mol. The molecule has 10 nitrogen and oxygen atoms in total. The first-order valence-electron chi connectivity index (χ1n) is 11.6. The summed E-state index contributed by atoms with van der Waals surface area (Å²) < 4.78 is 16.0. The van der Waals surface area contributed by atoms with E-state index in [-0.39, 0.29) is 34.9 Å². The molecule has 1 aliphatic carbocycles. The predicted octanol–water partition coefficient (Wildman–Crippen LogP) is 3.69. The minimum Gasteiger partial charge on any atom is -0.507 e. The van der Waals surface area contributed by atoms with Gasteiger partial charge in [-0.3, -0.25) is 9.59 Å². The van der Waals surface area contributed by atoms with Crippen LogP contribution in [0.4, 0.5) is 4.39 Å². The van der Waals surface area contributed by atoms with Gasteiger partial charge in [-0.1, -0.05) is 12.1 Å². The van der Waals surface area contributed by atoms with Gasteiger partial charge in [-0.2, -0.15) is 5.10 Å². The first-order valence-corrected chi connectivity index (χ1v) is 12.4. The number of carbonyl (C=O) groups is 3. The minimum atomic E-state index is -1.01. The number of hydrogen-bond acceptors (Lipinski definition) is 6. The summed E-state index contributed by atoms with van der Waals surface area (Å²) in [5.41, 5.74) is 2.63. The monoisotopic (exact) mass is 581 g/mol. The summed E-state index contributed by atoms with van der Waals surface area (Å²) in [6, 6.07) is 8.87. The van der Waals surface area contributed by atoms with Crippen LogP contribution in [0.1, 0.15) is 66.1 Å². The molecule has 194 valence electrons. The number of benzene rings is 2. The third-order valence-corrected chi connectivity index (χ3v) is 7.26. The van der Waals surface area contributed by atoms with Crippen LogP contribution in [0.2, 0.25) is 0 Å². The van der Waals surface area contributed by atoms with Crippen molar-refractivity contribution in [2.45, 2.75) is 32.4 Å².